The van der Waals surface area contributed by atoms with Crippen LogP contribution < -0.4 is 20.1 Å². The normalized spacial score (nSPS) is 10.9. The van der Waals surface area contributed by atoms with Crippen molar-refractivity contribution >= 4 is 50.7 Å². The molecule has 0 radical (unpaired) electrons. The van der Waals surface area contributed by atoms with E-state index in [2.05, 4.69) is 31.9 Å². The topological polar surface area (TPSA) is 122 Å². The van der Waals surface area contributed by atoms with E-state index >= 15 is 0 Å². The number of carbonyl (C=O) groups excluding carboxylic acids is 1. The molecule has 0 spiro atoms. The van der Waals surface area contributed by atoms with Crippen LogP contribution in [0.4, 0.5) is 23.0 Å². The lowest BCUT2D eigenvalue weighted by molar-refractivity contribution is -0.111. The highest BCUT2D eigenvalue weighted by molar-refractivity contribution is 7.99. The first-order valence-corrected chi connectivity index (χ1v) is 12.4. The lowest BCUT2D eigenvalue weighted by Gasteiger charge is -2.13. The van der Waals surface area contributed by atoms with Gasteiger partial charge in [0, 0.05) is 28.0 Å². The van der Waals surface area contributed by atoms with Gasteiger partial charge in [0.2, 0.25) is 21.9 Å². The molecule has 1 amide bonds. The van der Waals surface area contributed by atoms with E-state index in [-0.39, 0.29) is 5.91 Å². The van der Waals surface area contributed by atoms with Gasteiger partial charge in [0.25, 0.3) is 0 Å². The summed E-state index contributed by atoms with van der Waals surface area (Å²) in [6.45, 7) is 5.34. The fourth-order valence-electron chi connectivity index (χ4n) is 2.70. The fourth-order valence-corrected chi connectivity index (χ4v) is 4.10. The second-order valence-corrected chi connectivity index (χ2v) is 9.73. The van der Waals surface area contributed by atoms with E-state index in [9.17, 15) is 13.2 Å². The van der Waals surface area contributed by atoms with Crippen molar-refractivity contribution in [3.05, 3.63) is 66.9 Å². The lowest BCUT2D eigenvalue weighted by atomic mass is 10.2. The molecule has 0 aliphatic carbocycles. The van der Waals surface area contributed by atoms with Crippen molar-refractivity contribution in [2.45, 2.75) is 16.8 Å². The van der Waals surface area contributed by atoms with Crippen molar-refractivity contribution in [3.63, 3.8) is 0 Å². The number of hydrogen-bond donors (Lipinski definition) is 3. The molecule has 0 unspecified atom stereocenters. The van der Waals surface area contributed by atoms with Crippen molar-refractivity contribution in [3.8, 4) is 5.75 Å². The third-order valence-electron chi connectivity index (χ3n) is 4.20. The van der Waals surface area contributed by atoms with Crippen molar-refractivity contribution in [1.82, 2.24) is 9.97 Å². The zero-order chi connectivity index (χ0) is 24.0. The Kier molecular flexibility index (Phi) is 7.56. The van der Waals surface area contributed by atoms with Gasteiger partial charge in [-0.1, -0.05) is 18.3 Å². The number of anilines is 4. The number of aryl methyl sites for hydroxylation is 1. The number of benzene rings is 2. The Labute approximate surface area is 196 Å². The molecule has 3 aromatic rings. The number of sulfonamides is 1. The van der Waals surface area contributed by atoms with Crippen LogP contribution in [0.5, 0.6) is 5.75 Å². The van der Waals surface area contributed by atoms with Crippen molar-refractivity contribution in [2.75, 3.05) is 28.7 Å². The van der Waals surface area contributed by atoms with Crippen molar-refractivity contribution in [1.29, 1.82) is 0 Å². The molecule has 1 heterocycles. The van der Waals surface area contributed by atoms with Gasteiger partial charge in [0.05, 0.1) is 19.1 Å². The van der Waals surface area contributed by atoms with Crippen molar-refractivity contribution in [2.24, 2.45) is 0 Å². The summed E-state index contributed by atoms with van der Waals surface area (Å²) in [7, 11) is -2.02. The second-order valence-electron chi connectivity index (χ2n) is 6.92. The maximum atomic E-state index is 11.6. The summed E-state index contributed by atoms with van der Waals surface area (Å²) >= 11 is 1.45. The summed E-state index contributed by atoms with van der Waals surface area (Å²) in [5.41, 5.74) is 2.45. The predicted octanol–water partition coefficient (Wildman–Crippen LogP) is 4.18. The highest BCUT2D eigenvalue weighted by Gasteiger charge is 2.11. The zero-order valence-corrected chi connectivity index (χ0v) is 19.9. The van der Waals surface area contributed by atoms with Crippen LogP contribution in [0.25, 0.3) is 0 Å². The van der Waals surface area contributed by atoms with Gasteiger partial charge in [-0.05, 0) is 55.5 Å². The molecular weight excluding hydrogens is 462 g/mol. The van der Waals surface area contributed by atoms with E-state index < -0.39 is 10.0 Å². The molecule has 0 fully saturated rings. The highest BCUT2D eigenvalue weighted by atomic mass is 32.2. The lowest BCUT2D eigenvalue weighted by Crippen LogP contribution is -2.11. The maximum Gasteiger partial charge on any atom is 0.247 e. The molecule has 33 heavy (non-hydrogen) atoms. The van der Waals surface area contributed by atoms with Crippen LogP contribution in [0, 0.1) is 6.92 Å². The van der Waals surface area contributed by atoms with Crippen LogP contribution in [-0.4, -0.2) is 37.7 Å². The number of carbonyl (C=O) groups is 1. The third-order valence-corrected chi connectivity index (χ3v) is 5.90. The SMILES string of the molecule is C=CC(=O)Nc1ccc(Sc2nc(Nc3ccc(OC)c(NS(C)(=O)=O)c3)ncc2C)cc1. The molecule has 1 aromatic heterocycles. The van der Waals surface area contributed by atoms with Gasteiger partial charge in [-0.25, -0.2) is 18.4 Å². The first-order chi connectivity index (χ1) is 15.7. The Hall–Kier alpha value is -3.57. The summed E-state index contributed by atoms with van der Waals surface area (Å²) < 4.78 is 30.9. The smallest absolute Gasteiger partial charge is 0.247 e. The van der Waals surface area contributed by atoms with Crippen LogP contribution in [0.3, 0.4) is 0 Å². The molecule has 2 aromatic carbocycles. The quantitative estimate of drug-likeness (QED) is 0.305. The van der Waals surface area contributed by atoms with E-state index in [1.807, 2.05) is 19.1 Å². The minimum Gasteiger partial charge on any atom is -0.495 e. The third kappa shape index (κ3) is 6.96. The summed E-state index contributed by atoms with van der Waals surface area (Å²) in [6.07, 6.45) is 3.99. The number of nitrogens with one attached hydrogen (secondary N) is 3. The fraction of sp³-hybridized carbons (Fsp3) is 0.136. The molecule has 0 aliphatic rings. The first-order valence-electron chi connectivity index (χ1n) is 9.64. The van der Waals surface area contributed by atoms with Gasteiger partial charge in [0.15, 0.2) is 0 Å². The number of nitrogens with zero attached hydrogens (tertiary/aromatic N) is 2. The summed E-state index contributed by atoms with van der Waals surface area (Å²) in [5.74, 6) is 0.472. The van der Waals surface area contributed by atoms with Gasteiger partial charge in [0.1, 0.15) is 10.8 Å². The molecule has 3 N–H and O–H groups in total. The molecular formula is C22H23N5O4S2. The molecule has 11 heteroatoms. The largest absolute Gasteiger partial charge is 0.495 e. The summed E-state index contributed by atoms with van der Waals surface area (Å²) in [6, 6.07) is 12.3. The van der Waals surface area contributed by atoms with Crippen LogP contribution >= 0.6 is 11.8 Å². The Bertz CT molecular complexity index is 1280. The van der Waals surface area contributed by atoms with Crippen LogP contribution in [0.15, 0.2) is 71.2 Å². The van der Waals surface area contributed by atoms with Crippen LogP contribution in [-0.2, 0) is 14.8 Å². The average Bonchev–Trinajstić information content (AvgIpc) is 2.76. The van der Waals surface area contributed by atoms with Gasteiger partial charge < -0.3 is 15.4 Å². The number of aromatic nitrogens is 2. The molecule has 0 atom stereocenters. The van der Waals surface area contributed by atoms with E-state index in [0.29, 0.717) is 28.8 Å². The monoisotopic (exact) mass is 485 g/mol. The van der Waals surface area contributed by atoms with Crippen LogP contribution in [0.2, 0.25) is 0 Å². The summed E-state index contributed by atoms with van der Waals surface area (Å²) in [4.78, 5) is 21.2. The second kappa shape index (κ2) is 10.4. The maximum absolute atomic E-state index is 11.6. The van der Waals surface area contributed by atoms with Gasteiger partial charge in [-0.3, -0.25) is 9.52 Å². The van der Waals surface area contributed by atoms with E-state index in [4.69, 9.17) is 4.74 Å². The van der Waals surface area contributed by atoms with Gasteiger partial charge in [-0.15, -0.1) is 0 Å². The molecule has 0 saturated carbocycles. The van der Waals surface area contributed by atoms with E-state index in [0.717, 1.165) is 21.7 Å². The van der Waals surface area contributed by atoms with Gasteiger partial charge in [-0.2, -0.15) is 0 Å². The molecule has 0 bridgehead atoms. The van der Waals surface area contributed by atoms with E-state index in [1.165, 1.54) is 24.9 Å². The molecule has 172 valence electrons. The minimum absolute atomic E-state index is 0.272. The Morgan fingerprint density at radius 2 is 1.85 bits per heavy atom. The standard InChI is InChI=1S/C22H23N5O4S2/c1-5-20(28)24-15-6-9-17(10-7-15)32-21-14(2)13-23-22(26-21)25-16-8-11-19(31-3)18(12-16)27-33(4,29)30/h5-13,27H,1H2,2-4H3,(H,24,28)(H,23,25,26). The summed E-state index contributed by atoms with van der Waals surface area (Å²) in [5, 5.41) is 6.54. The number of rotatable bonds is 9. The number of amides is 1. The van der Waals surface area contributed by atoms with Gasteiger partial charge >= 0.3 is 0 Å². The molecule has 0 aliphatic heterocycles. The Morgan fingerprint density at radius 3 is 2.48 bits per heavy atom. The molecule has 3 rings (SSSR count). The highest BCUT2D eigenvalue weighted by Crippen LogP contribution is 2.32. The zero-order valence-electron chi connectivity index (χ0n) is 18.2. The average molecular weight is 486 g/mol. The first kappa shape index (κ1) is 24.1. The van der Waals surface area contributed by atoms with Crippen LogP contribution in [0.1, 0.15) is 5.56 Å². The number of ether oxygens (including phenoxy) is 1. The number of methoxy groups -OCH3 is 1. The molecule has 0 saturated heterocycles. The predicted molar refractivity (Wildman–Crippen MR) is 131 cm³/mol. The Morgan fingerprint density at radius 1 is 1.15 bits per heavy atom. The molecule has 9 nitrogen and oxygen atoms in total. The number of hydrogen-bond acceptors (Lipinski definition) is 8. The van der Waals surface area contributed by atoms with Crippen molar-refractivity contribution < 1.29 is 17.9 Å². The Balaban J connectivity index is 1.78. The van der Waals surface area contributed by atoms with E-state index in [1.54, 1.807) is 36.5 Å². The minimum atomic E-state index is -3.48.